The molecule has 1 aromatic rings. The number of rotatable bonds is 7. The van der Waals surface area contributed by atoms with Crippen molar-refractivity contribution in [3.63, 3.8) is 0 Å². The maximum Gasteiger partial charge on any atom is 0.215 e. The summed E-state index contributed by atoms with van der Waals surface area (Å²) in [5, 5.41) is 3.27. The molecule has 2 rings (SSSR count). The van der Waals surface area contributed by atoms with E-state index in [2.05, 4.69) is 15.2 Å². The van der Waals surface area contributed by atoms with E-state index in [0.717, 1.165) is 31.9 Å². The molecule has 0 aliphatic carbocycles. The second kappa shape index (κ2) is 7.84. The van der Waals surface area contributed by atoms with Gasteiger partial charge >= 0.3 is 0 Å². The first kappa shape index (κ1) is 16.4. The summed E-state index contributed by atoms with van der Waals surface area (Å²) in [6.07, 6.45) is 1.69. The second-order valence-corrected chi connectivity index (χ2v) is 7.24. The quantitative estimate of drug-likeness (QED) is 0.776. The lowest BCUT2D eigenvalue weighted by atomic mass is 10.3. The zero-order chi connectivity index (χ0) is 15.1. The van der Waals surface area contributed by atoms with Crippen LogP contribution in [-0.2, 0) is 16.6 Å². The highest BCUT2D eigenvalue weighted by molar-refractivity contribution is 7.89. The molecule has 118 valence electrons. The lowest BCUT2D eigenvalue weighted by Gasteiger charge is -2.28. The zero-order valence-corrected chi connectivity index (χ0v) is 13.3. The lowest BCUT2D eigenvalue weighted by molar-refractivity contribution is 0.252. The number of nitrogens with one attached hydrogen (secondary N) is 1. The Morgan fingerprint density at radius 3 is 2.71 bits per heavy atom. The predicted octanol–water partition coefficient (Wildman–Crippen LogP) is 0.139. The average molecular weight is 312 g/mol. The number of pyridine rings is 1. The van der Waals surface area contributed by atoms with Crippen LogP contribution in [0.15, 0.2) is 24.4 Å². The number of sulfonamides is 1. The first-order valence-electron chi connectivity index (χ1n) is 7.42. The van der Waals surface area contributed by atoms with E-state index in [1.807, 2.05) is 25.1 Å². The van der Waals surface area contributed by atoms with Crippen molar-refractivity contribution >= 4 is 10.0 Å². The summed E-state index contributed by atoms with van der Waals surface area (Å²) in [5.41, 5.74) is 0.782. The van der Waals surface area contributed by atoms with Crippen molar-refractivity contribution in [2.75, 3.05) is 45.0 Å². The van der Waals surface area contributed by atoms with E-state index >= 15 is 0 Å². The van der Waals surface area contributed by atoms with Gasteiger partial charge in [-0.2, -0.15) is 4.31 Å². The third kappa shape index (κ3) is 5.03. The summed E-state index contributed by atoms with van der Waals surface area (Å²) in [5.74, 6) is 0.174. The molecule has 1 N–H and O–H groups in total. The number of hydrogen-bond acceptors (Lipinski definition) is 5. The first-order chi connectivity index (χ1) is 10.1. The molecule has 0 aromatic carbocycles. The van der Waals surface area contributed by atoms with Crippen LogP contribution in [0, 0.1) is 0 Å². The predicted molar refractivity (Wildman–Crippen MR) is 83.4 cm³/mol. The van der Waals surface area contributed by atoms with Gasteiger partial charge in [-0.3, -0.25) is 9.88 Å². The Morgan fingerprint density at radius 2 is 2.10 bits per heavy atom. The maximum absolute atomic E-state index is 12.5. The van der Waals surface area contributed by atoms with Gasteiger partial charge in [-0.15, -0.1) is 0 Å². The molecule has 6 nitrogen and oxygen atoms in total. The molecule has 1 saturated heterocycles. The molecule has 0 spiro atoms. The van der Waals surface area contributed by atoms with Crippen molar-refractivity contribution in [3.8, 4) is 0 Å². The van der Waals surface area contributed by atoms with Crippen LogP contribution in [0.2, 0.25) is 0 Å². The van der Waals surface area contributed by atoms with Crippen LogP contribution in [0.5, 0.6) is 0 Å². The van der Waals surface area contributed by atoms with Gasteiger partial charge in [0.1, 0.15) is 0 Å². The largest absolute Gasteiger partial charge is 0.314 e. The SMILES string of the molecule is CCN(Cc1ccccn1)S(=O)(=O)CCN1CCNCC1. The third-order valence-electron chi connectivity index (χ3n) is 3.69. The van der Waals surface area contributed by atoms with Gasteiger partial charge in [0.15, 0.2) is 0 Å². The van der Waals surface area contributed by atoms with Crippen molar-refractivity contribution in [1.29, 1.82) is 0 Å². The van der Waals surface area contributed by atoms with Crippen molar-refractivity contribution < 1.29 is 8.42 Å². The van der Waals surface area contributed by atoms with Crippen molar-refractivity contribution in [3.05, 3.63) is 30.1 Å². The first-order valence-corrected chi connectivity index (χ1v) is 9.03. The molecule has 0 radical (unpaired) electrons. The summed E-state index contributed by atoms with van der Waals surface area (Å²) >= 11 is 0. The minimum absolute atomic E-state index is 0.174. The van der Waals surface area contributed by atoms with E-state index in [9.17, 15) is 8.42 Å². The number of piperazine rings is 1. The van der Waals surface area contributed by atoms with Gasteiger partial charge in [-0.05, 0) is 12.1 Å². The van der Waals surface area contributed by atoms with Crippen LogP contribution < -0.4 is 5.32 Å². The highest BCUT2D eigenvalue weighted by Crippen LogP contribution is 2.08. The van der Waals surface area contributed by atoms with E-state index in [4.69, 9.17) is 0 Å². The molecule has 7 heteroatoms. The highest BCUT2D eigenvalue weighted by atomic mass is 32.2. The van der Waals surface area contributed by atoms with Gasteiger partial charge in [0.2, 0.25) is 10.0 Å². The minimum Gasteiger partial charge on any atom is -0.314 e. The summed E-state index contributed by atoms with van der Waals surface area (Å²) < 4.78 is 26.4. The van der Waals surface area contributed by atoms with Crippen LogP contribution in [-0.4, -0.2) is 67.6 Å². The second-order valence-electron chi connectivity index (χ2n) is 5.15. The van der Waals surface area contributed by atoms with Gasteiger partial charge in [-0.1, -0.05) is 13.0 Å². The average Bonchev–Trinajstić information content (AvgIpc) is 2.52. The maximum atomic E-state index is 12.5. The molecule has 0 bridgehead atoms. The van der Waals surface area contributed by atoms with Gasteiger partial charge < -0.3 is 5.32 Å². The molecule has 0 saturated carbocycles. The van der Waals surface area contributed by atoms with Gasteiger partial charge in [0.25, 0.3) is 0 Å². The molecule has 21 heavy (non-hydrogen) atoms. The molecule has 2 heterocycles. The van der Waals surface area contributed by atoms with Crippen LogP contribution in [0.3, 0.4) is 0 Å². The van der Waals surface area contributed by atoms with Gasteiger partial charge in [0.05, 0.1) is 18.0 Å². The fraction of sp³-hybridized carbons (Fsp3) is 0.643. The fourth-order valence-corrected chi connectivity index (χ4v) is 3.86. The Labute approximate surface area is 127 Å². The van der Waals surface area contributed by atoms with Crippen LogP contribution in [0.1, 0.15) is 12.6 Å². The summed E-state index contributed by atoms with van der Waals surface area (Å²) in [6, 6.07) is 5.57. The van der Waals surface area contributed by atoms with Crippen LogP contribution in [0.4, 0.5) is 0 Å². The normalized spacial score (nSPS) is 17.2. The van der Waals surface area contributed by atoms with Gasteiger partial charge in [-0.25, -0.2) is 8.42 Å². The van der Waals surface area contributed by atoms with Crippen LogP contribution >= 0.6 is 0 Å². The number of aromatic nitrogens is 1. The molecular formula is C14H24N4O2S. The summed E-state index contributed by atoms with van der Waals surface area (Å²) in [6.45, 7) is 7.00. The summed E-state index contributed by atoms with van der Waals surface area (Å²) in [7, 11) is -3.24. The third-order valence-corrected chi connectivity index (χ3v) is 5.56. The Morgan fingerprint density at radius 1 is 1.33 bits per heavy atom. The minimum atomic E-state index is -3.24. The molecule has 1 aliphatic rings. The van der Waals surface area contributed by atoms with E-state index < -0.39 is 10.0 Å². The Bertz CT molecular complexity index is 515. The Balaban J connectivity index is 1.92. The molecule has 0 atom stereocenters. The monoisotopic (exact) mass is 312 g/mol. The number of nitrogens with zero attached hydrogens (tertiary/aromatic N) is 3. The van der Waals surface area contributed by atoms with Gasteiger partial charge in [0, 0.05) is 45.5 Å². The van der Waals surface area contributed by atoms with E-state index in [1.54, 1.807) is 6.20 Å². The number of hydrogen-bond donors (Lipinski definition) is 1. The fourth-order valence-electron chi connectivity index (χ4n) is 2.39. The molecule has 0 amide bonds. The lowest BCUT2D eigenvalue weighted by Crippen LogP contribution is -2.46. The van der Waals surface area contributed by atoms with E-state index in [-0.39, 0.29) is 5.75 Å². The zero-order valence-electron chi connectivity index (χ0n) is 12.5. The topological polar surface area (TPSA) is 65.5 Å². The van der Waals surface area contributed by atoms with E-state index in [0.29, 0.717) is 19.6 Å². The van der Waals surface area contributed by atoms with Crippen molar-refractivity contribution in [1.82, 2.24) is 19.5 Å². The molecule has 0 unspecified atom stereocenters. The van der Waals surface area contributed by atoms with Crippen molar-refractivity contribution in [2.45, 2.75) is 13.5 Å². The smallest absolute Gasteiger partial charge is 0.215 e. The Kier molecular flexibility index (Phi) is 6.10. The molecule has 1 fully saturated rings. The molecule has 1 aliphatic heterocycles. The Hall–Kier alpha value is -1.02. The standard InChI is InChI=1S/C14H24N4O2S/c1-2-18(13-14-5-3-4-6-16-14)21(19,20)12-11-17-9-7-15-8-10-17/h3-6,15H,2,7-13H2,1H3. The highest BCUT2D eigenvalue weighted by Gasteiger charge is 2.22. The van der Waals surface area contributed by atoms with E-state index in [1.165, 1.54) is 4.31 Å². The summed E-state index contributed by atoms with van der Waals surface area (Å²) in [4.78, 5) is 6.40. The van der Waals surface area contributed by atoms with Crippen LogP contribution in [0.25, 0.3) is 0 Å². The molecule has 1 aromatic heterocycles. The van der Waals surface area contributed by atoms with Crippen molar-refractivity contribution in [2.24, 2.45) is 0 Å². The molecular weight excluding hydrogens is 288 g/mol.